The Kier molecular flexibility index (Phi) is 6.32. The molecule has 0 spiro atoms. The highest BCUT2D eigenvalue weighted by atomic mass is 79.9. The van der Waals surface area contributed by atoms with Gasteiger partial charge in [0.2, 0.25) is 0 Å². The standard InChI is InChI=1S/C26H22BrNO4/c1-32-26(31)25-24(19-8-12-21(30)13-9-19)22(17-6-10-20(29)11-7-17)16-28(25)15-14-18-4-2-3-5-23(18)27/h2-13,16,29-30H,14-15H2,1H3. The maximum Gasteiger partial charge on any atom is 0.355 e. The van der Waals surface area contributed by atoms with Crippen molar-refractivity contribution >= 4 is 21.9 Å². The first-order valence-corrected chi connectivity index (χ1v) is 10.9. The lowest BCUT2D eigenvalue weighted by atomic mass is 9.96. The van der Waals surface area contributed by atoms with Gasteiger partial charge in [0, 0.05) is 28.3 Å². The molecule has 0 bridgehead atoms. The van der Waals surface area contributed by atoms with Crippen LogP contribution in [0.1, 0.15) is 16.1 Å². The van der Waals surface area contributed by atoms with Crippen LogP contribution < -0.4 is 0 Å². The van der Waals surface area contributed by atoms with Crippen LogP contribution in [-0.2, 0) is 17.7 Å². The number of ether oxygens (including phenoxy) is 1. The number of halogens is 1. The molecule has 1 heterocycles. The highest BCUT2D eigenvalue weighted by molar-refractivity contribution is 9.10. The predicted molar refractivity (Wildman–Crippen MR) is 128 cm³/mol. The Morgan fingerprint density at radius 3 is 2.09 bits per heavy atom. The van der Waals surface area contributed by atoms with Gasteiger partial charge in [0.05, 0.1) is 7.11 Å². The number of aromatic hydroxyl groups is 2. The molecule has 4 rings (SSSR count). The summed E-state index contributed by atoms with van der Waals surface area (Å²) in [5.74, 6) is -0.125. The molecule has 2 N–H and O–H groups in total. The van der Waals surface area contributed by atoms with Crippen LogP contribution in [0.4, 0.5) is 0 Å². The van der Waals surface area contributed by atoms with Crippen LogP contribution in [0.3, 0.4) is 0 Å². The van der Waals surface area contributed by atoms with Gasteiger partial charge in [0.1, 0.15) is 17.2 Å². The fourth-order valence-electron chi connectivity index (χ4n) is 3.77. The second-order valence-electron chi connectivity index (χ2n) is 7.39. The zero-order chi connectivity index (χ0) is 22.7. The van der Waals surface area contributed by atoms with Crippen molar-refractivity contribution in [1.29, 1.82) is 0 Å². The highest BCUT2D eigenvalue weighted by Crippen LogP contribution is 2.38. The number of aromatic nitrogens is 1. The van der Waals surface area contributed by atoms with E-state index in [2.05, 4.69) is 15.9 Å². The van der Waals surface area contributed by atoms with E-state index in [0.29, 0.717) is 18.7 Å². The Hall–Kier alpha value is -3.51. The molecule has 0 atom stereocenters. The van der Waals surface area contributed by atoms with Gasteiger partial charge < -0.3 is 19.5 Å². The minimum absolute atomic E-state index is 0.146. The molecule has 0 saturated heterocycles. The molecular weight excluding hydrogens is 470 g/mol. The monoisotopic (exact) mass is 491 g/mol. The number of rotatable bonds is 6. The van der Waals surface area contributed by atoms with Crippen molar-refractivity contribution in [3.8, 4) is 33.8 Å². The van der Waals surface area contributed by atoms with Gasteiger partial charge in [-0.2, -0.15) is 0 Å². The van der Waals surface area contributed by atoms with Gasteiger partial charge in [-0.15, -0.1) is 0 Å². The number of phenolic OH excluding ortho intramolecular Hbond substituents is 2. The first-order chi connectivity index (χ1) is 15.5. The molecule has 3 aromatic carbocycles. The Bertz CT molecular complexity index is 1240. The number of hydrogen-bond acceptors (Lipinski definition) is 4. The first-order valence-electron chi connectivity index (χ1n) is 10.1. The van der Waals surface area contributed by atoms with Crippen molar-refractivity contribution < 1.29 is 19.7 Å². The first kappa shape index (κ1) is 21.7. The molecule has 0 aliphatic rings. The van der Waals surface area contributed by atoms with Crippen LogP contribution >= 0.6 is 15.9 Å². The van der Waals surface area contributed by atoms with Gasteiger partial charge in [0.25, 0.3) is 0 Å². The number of methoxy groups -OCH3 is 1. The van der Waals surface area contributed by atoms with E-state index in [9.17, 15) is 15.0 Å². The summed E-state index contributed by atoms with van der Waals surface area (Å²) in [7, 11) is 1.37. The average molecular weight is 492 g/mol. The summed E-state index contributed by atoms with van der Waals surface area (Å²) in [4.78, 5) is 12.9. The average Bonchev–Trinajstić information content (AvgIpc) is 3.18. The topological polar surface area (TPSA) is 71.7 Å². The van der Waals surface area contributed by atoms with Crippen LogP contribution in [0.2, 0.25) is 0 Å². The molecule has 5 nitrogen and oxygen atoms in total. The van der Waals surface area contributed by atoms with Crippen LogP contribution in [0, 0.1) is 0 Å². The molecule has 0 fully saturated rings. The molecule has 162 valence electrons. The summed E-state index contributed by atoms with van der Waals surface area (Å²) in [6.07, 6.45) is 2.65. The minimum Gasteiger partial charge on any atom is -0.508 e. The van der Waals surface area contributed by atoms with Crippen LogP contribution in [0.25, 0.3) is 22.3 Å². The van der Waals surface area contributed by atoms with Gasteiger partial charge in [-0.05, 0) is 53.4 Å². The summed E-state index contributed by atoms with van der Waals surface area (Å²) < 4.78 is 8.08. The lowest BCUT2D eigenvalue weighted by molar-refractivity contribution is 0.0589. The number of carbonyl (C=O) groups excluding carboxylic acids is 1. The number of carbonyl (C=O) groups is 1. The molecule has 0 saturated carbocycles. The zero-order valence-corrected chi connectivity index (χ0v) is 19.0. The third-order valence-electron chi connectivity index (χ3n) is 5.37. The SMILES string of the molecule is COC(=O)c1c(-c2ccc(O)cc2)c(-c2ccc(O)cc2)cn1CCc1ccccc1Br. The Morgan fingerprint density at radius 2 is 1.50 bits per heavy atom. The van der Waals surface area contributed by atoms with E-state index in [1.165, 1.54) is 7.11 Å². The summed E-state index contributed by atoms with van der Waals surface area (Å²) in [6, 6.07) is 21.6. The fraction of sp³-hybridized carbons (Fsp3) is 0.115. The smallest absolute Gasteiger partial charge is 0.355 e. The van der Waals surface area contributed by atoms with Gasteiger partial charge in [0.15, 0.2) is 0 Å². The molecule has 6 heteroatoms. The number of phenols is 2. The normalized spacial score (nSPS) is 10.8. The van der Waals surface area contributed by atoms with Gasteiger partial charge in [-0.25, -0.2) is 4.79 Å². The third-order valence-corrected chi connectivity index (χ3v) is 6.14. The zero-order valence-electron chi connectivity index (χ0n) is 17.5. The molecule has 0 aliphatic carbocycles. The molecule has 0 unspecified atom stereocenters. The summed E-state index contributed by atoms with van der Waals surface area (Å²) in [6.45, 7) is 0.566. The number of nitrogens with zero attached hydrogens (tertiary/aromatic N) is 1. The summed E-state index contributed by atoms with van der Waals surface area (Å²) in [5, 5.41) is 19.5. The summed E-state index contributed by atoms with van der Waals surface area (Å²) >= 11 is 3.59. The lowest BCUT2D eigenvalue weighted by Crippen LogP contribution is -2.12. The Morgan fingerprint density at radius 1 is 0.906 bits per heavy atom. The van der Waals surface area contributed by atoms with Crippen molar-refractivity contribution in [2.24, 2.45) is 0 Å². The summed E-state index contributed by atoms with van der Waals surface area (Å²) in [5.41, 5.74) is 4.77. The fourth-order valence-corrected chi connectivity index (χ4v) is 4.25. The highest BCUT2D eigenvalue weighted by Gasteiger charge is 2.24. The number of benzene rings is 3. The molecule has 0 amide bonds. The number of hydrogen-bond donors (Lipinski definition) is 2. The van der Waals surface area contributed by atoms with E-state index in [1.807, 2.05) is 47.2 Å². The largest absolute Gasteiger partial charge is 0.508 e. The van der Waals surface area contributed by atoms with E-state index in [1.54, 1.807) is 36.4 Å². The minimum atomic E-state index is -0.440. The van der Waals surface area contributed by atoms with Crippen LogP contribution in [-0.4, -0.2) is 27.9 Å². The second kappa shape index (κ2) is 9.32. The Labute approximate surface area is 194 Å². The van der Waals surface area contributed by atoms with Crippen molar-refractivity contribution in [2.75, 3.05) is 7.11 Å². The van der Waals surface area contributed by atoms with E-state index in [-0.39, 0.29) is 11.5 Å². The Balaban J connectivity index is 1.88. The van der Waals surface area contributed by atoms with E-state index < -0.39 is 5.97 Å². The third kappa shape index (κ3) is 4.41. The quantitative estimate of drug-likeness (QED) is 0.323. The maximum absolute atomic E-state index is 12.9. The van der Waals surface area contributed by atoms with Gasteiger partial charge >= 0.3 is 5.97 Å². The van der Waals surface area contributed by atoms with Crippen LogP contribution in [0.5, 0.6) is 11.5 Å². The van der Waals surface area contributed by atoms with Crippen molar-refractivity contribution in [3.63, 3.8) is 0 Å². The number of esters is 1. The van der Waals surface area contributed by atoms with Crippen molar-refractivity contribution in [2.45, 2.75) is 13.0 Å². The maximum atomic E-state index is 12.9. The molecule has 0 radical (unpaired) electrons. The van der Waals surface area contributed by atoms with Crippen LogP contribution in [0.15, 0.2) is 83.5 Å². The second-order valence-corrected chi connectivity index (χ2v) is 8.24. The van der Waals surface area contributed by atoms with Gasteiger partial charge in [-0.3, -0.25) is 0 Å². The van der Waals surface area contributed by atoms with Gasteiger partial charge in [-0.1, -0.05) is 58.4 Å². The molecule has 32 heavy (non-hydrogen) atoms. The van der Waals surface area contributed by atoms with E-state index in [0.717, 1.165) is 32.3 Å². The van der Waals surface area contributed by atoms with Crippen molar-refractivity contribution in [1.82, 2.24) is 4.57 Å². The molecular formula is C26H22BrNO4. The molecule has 4 aromatic rings. The number of aryl methyl sites for hydroxylation is 2. The molecule has 0 aliphatic heterocycles. The predicted octanol–water partition coefficient (Wildman–Crippen LogP) is 6.03. The lowest BCUT2D eigenvalue weighted by Gasteiger charge is -2.11. The van der Waals surface area contributed by atoms with E-state index in [4.69, 9.17) is 4.74 Å². The van der Waals surface area contributed by atoms with E-state index >= 15 is 0 Å². The van der Waals surface area contributed by atoms with Crippen molar-refractivity contribution in [3.05, 3.63) is 94.7 Å². The molecule has 1 aromatic heterocycles.